The summed E-state index contributed by atoms with van der Waals surface area (Å²) in [4.78, 5) is 8.07. The van der Waals surface area contributed by atoms with Gasteiger partial charge in [-0.3, -0.25) is 4.40 Å². The van der Waals surface area contributed by atoms with Crippen LogP contribution in [0.25, 0.3) is 28.2 Å². The Labute approximate surface area is 150 Å². The van der Waals surface area contributed by atoms with Crippen molar-refractivity contribution in [1.82, 2.24) is 24.6 Å². The Morgan fingerprint density at radius 2 is 1.73 bits per heavy atom. The molecule has 4 aromatic rings. The van der Waals surface area contributed by atoms with Crippen LogP contribution in [-0.4, -0.2) is 24.6 Å². The molecular weight excluding hydrogens is 367 g/mol. The van der Waals surface area contributed by atoms with Crippen LogP contribution in [-0.2, 0) is 6.18 Å². The molecule has 0 radical (unpaired) electrons. The lowest BCUT2D eigenvalue weighted by Crippen LogP contribution is -2.10. The zero-order valence-electron chi connectivity index (χ0n) is 13.6. The molecule has 5 nitrogen and oxygen atoms in total. The molecule has 0 saturated carbocycles. The second-order valence-electron chi connectivity index (χ2n) is 5.90. The number of nitrogens with zero attached hydrogens (tertiary/aromatic N) is 5. The van der Waals surface area contributed by atoms with Crippen LogP contribution in [0.5, 0.6) is 0 Å². The maximum absolute atomic E-state index is 13.1. The molecule has 0 spiro atoms. The minimum absolute atomic E-state index is 0.0259. The first kappa shape index (κ1) is 16.7. The van der Waals surface area contributed by atoms with Gasteiger partial charge in [-0.05, 0) is 38.1 Å². The number of fused-ring (bicyclic) bond motifs is 3. The fourth-order valence-corrected chi connectivity index (χ4v) is 2.99. The molecule has 0 aliphatic heterocycles. The van der Waals surface area contributed by atoms with Gasteiger partial charge >= 0.3 is 6.18 Å². The fourth-order valence-electron chi connectivity index (χ4n) is 2.79. The van der Waals surface area contributed by atoms with Crippen molar-refractivity contribution >= 4 is 28.4 Å². The van der Waals surface area contributed by atoms with Crippen LogP contribution in [0.4, 0.5) is 13.2 Å². The standard InChI is InChI=1S/C17H11ClF3N5/c1-8-3-4-11(18)10(7-8)15-25-24-14-9(2)22-12-5-6-13(17(19,20)21)23-16(12)26(14)15/h3-7H,1-2H3. The second-order valence-corrected chi connectivity index (χ2v) is 6.31. The molecule has 0 saturated heterocycles. The summed E-state index contributed by atoms with van der Waals surface area (Å²) in [5, 5.41) is 8.63. The molecule has 0 aliphatic rings. The topological polar surface area (TPSA) is 56.0 Å². The highest BCUT2D eigenvalue weighted by Crippen LogP contribution is 2.32. The predicted octanol–water partition coefficient (Wildman–Crippen LogP) is 4.63. The van der Waals surface area contributed by atoms with Gasteiger partial charge in [0.2, 0.25) is 0 Å². The van der Waals surface area contributed by atoms with Crippen LogP contribution in [0.15, 0.2) is 30.3 Å². The number of hydrogen-bond acceptors (Lipinski definition) is 4. The van der Waals surface area contributed by atoms with Crippen molar-refractivity contribution in [3.8, 4) is 11.4 Å². The molecule has 1 aromatic carbocycles. The summed E-state index contributed by atoms with van der Waals surface area (Å²) in [5.41, 5.74) is 1.68. The Kier molecular flexibility index (Phi) is 3.62. The molecule has 4 rings (SSSR count). The van der Waals surface area contributed by atoms with Crippen molar-refractivity contribution in [3.63, 3.8) is 0 Å². The van der Waals surface area contributed by atoms with Crippen molar-refractivity contribution in [2.24, 2.45) is 0 Å². The molecule has 0 N–H and O–H groups in total. The summed E-state index contributed by atoms with van der Waals surface area (Å²) in [7, 11) is 0. The summed E-state index contributed by atoms with van der Waals surface area (Å²) in [6.07, 6.45) is -4.57. The summed E-state index contributed by atoms with van der Waals surface area (Å²) in [6, 6.07) is 7.54. The van der Waals surface area contributed by atoms with Gasteiger partial charge in [0, 0.05) is 5.56 Å². The smallest absolute Gasteiger partial charge is 0.255 e. The first-order chi connectivity index (χ1) is 12.3. The normalized spacial score (nSPS) is 12.2. The Morgan fingerprint density at radius 3 is 2.46 bits per heavy atom. The molecule has 9 heteroatoms. The van der Waals surface area contributed by atoms with E-state index in [1.807, 2.05) is 13.0 Å². The van der Waals surface area contributed by atoms with Crippen LogP contribution < -0.4 is 0 Å². The van der Waals surface area contributed by atoms with E-state index in [9.17, 15) is 13.2 Å². The Hall–Kier alpha value is -2.74. The monoisotopic (exact) mass is 377 g/mol. The zero-order valence-corrected chi connectivity index (χ0v) is 14.4. The van der Waals surface area contributed by atoms with Gasteiger partial charge < -0.3 is 0 Å². The Morgan fingerprint density at radius 1 is 0.962 bits per heavy atom. The Bertz CT molecular complexity index is 1170. The molecule has 0 atom stereocenters. The fraction of sp³-hybridized carbons (Fsp3) is 0.176. The van der Waals surface area contributed by atoms with Gasteiger partial charge in [0.25, 0.3) is 0 Å². The van der Waals surface area contributed by atoms with Gasteiger partial charge in [-0.15, -0.1) is 10.2 Å². The SMILES string of the molecule is Cc1ccc(Cl)c(-c2nnc3c(C)nc4ccc(C(F)(F)F)nc4n23)c1. The number of aryl methyl sites for hydroxylation is 2. The number of aromatic nitrogens is 5. The number of pyridine rings is 1. The number of rotatable bonds is 1. The lowest BCUT2D eigenvalue weighted by atomic mass is 10.1. The number of benzene rings is 1. The minimum atomic E-state index is -4.57. The molecule has 0 aliphatic carbocycles. The third kappa shape index (κ3) is 2.57. The van der Waals surface area contributed by atoms with E-state index >= 15 is 0 Å². The summed E-state index contributed by atoms with van der Waals surface area (Å²) in [5.74, 6) is 0.316. The largest absolute Gasteiger partial charge is 0.433 e. The first-order valence-electron chi connectivity index (χ1n) is 7.62. The van der Waals surface area contributed by atoms with Gasteiger partial charge in [-0.2, -0.15) is 13.2 Å². The minimum Gasteiger partial charge on any atom is -0.255 e. The molecule has 132 valence electrons. The van der Waals surface area contributed by atoms with Crippen LogP contribution >= 0.6 is 11.6 Å². The molecule has 3 aromatic heterocycles. The maximum atomic E-state index is 13.1. The first-order valence-corrected chi connectivity index (χ1v) is 8.00. The van der Waals surface area contributed by atoms with Crippen LogP contribution in [0.2, 0.25) is 5.02 Å². The third-order valence-corrected chi connectivity index (χ3v) is 4.32. The molecule has 0 unspecified atom stereocenters. The van der Waals surface area contributed by atoms with Crippen LogP contribution in [0, 0.1) is 13.8 Å². The molecular formula is C17H11ClF3N5. The molecule has 3 heterocycles. The number of alkyl halides is 3. The van der Waals surface area contributed by atoms with Crippen LogP contribution in [0.1, 0.15) is 17.0 Å². The van der Waals surface area contributed by atoms with Gasteiger partial charge in [0.1, 0.15) is 11.2 Å². The summed E-state index contributed by atoms with van der Waals surface area (Å²) >= 11 is 6.29. The van der Waals surface area contributed by atoms with Gasteiger partial charge in [-0.1, -0.05) is 23.2 Å². The van der Waals surface area contributed by atoms with E-state index in [2.05, 4.69) is 20.2 Å². The van der Waals surface area contributed by atoms with Gasteiger partial charge in [-0.25, -0.2) is 9.97 Å². The lowest BCUT2D eigenvalue weighted by Gasteiger charge is -2.10. The Balaban J connectivity index is 2.14. The van der Waals surface area contributed by atoms with E-state index in [1.165, 1.54) is 10.5 Å². The lowest BCUT2D eigenvalue weighted by molar-refractivity contribution is -0.141. The van der Waals surface area contributed by atoms with Gasteiger partial charge in [0.05, 0.1) is 10.7 Å². The van der Waals surface area contributed by atoms with Crippen molar-refractivity contribution < 1.29 is 13.2 Å². The van der Waals surface area contributed by atoms with E-state index < -0.39 is 11.9 Å². The third-order valence-electron chi connectivity index (χ3n) is 3.99. The second kappa shape index (κ2) is 5.63. The van der Waals surface area contributed by atoms with Crippen molar-refractivity contribution in [2.75, 3.05) is 0 Å². The van der Waals surface area contributed by atoms with E-state index in [0.29, 0.717) is 33.3 Å². The predicted molar refractivity (Wildman–Crippen MR) is 91.0 cm³/mol. The van der Waals surface area contributed by atoms with E-state index in [0.717, 1.165) is 11.6 Å². The van der Waals surface area contributed by atoms with E-state index in [1.54, 1.807) is 19.1 Å². The van der Waals surface area contributed by atoms with E-state index in [4.69, 9.17) is 11.6 Å². The molecule has 26 heavy (non-hydrogen) atoms. The quantitative estimate of drug-likeness (QED) is 0.485. The van der Waals surface area contributed by atoms with Gasteiger partial charge in [0.15, 0.2) is 17.1 Å². The zero-order chi connectivity index (χ0) is 18.6. The highest BCUT2D eigenvalue weighted by Gasteiger charge is 2.33. The number of hydrogen-bond donors (Lipinski definition) is 0. The average molecular weight is 378 g/mol. The highest BCUT2D eigenvalue weighted by molar-refractivity contribution is 6.33. The van der Waals surface area contributed by atoms with E-state index in [-0.39, 0.29) is 5.65 Å². The summed E-state index contributed by atoms with van der Waals surface area (Å²) < 4.78 is 40.8. The van der Waals surface area contributed by atoms with Crippen molar-refractivity contribution in [2.45, 2.75) is 20.0 Å². The van der Waals surface area contributed by atoms with Crippen molar-refractivity contribution in [3.05, 3.63) is 52.3 Å². The maximum Gasteiger partial charge on any atom is 0.433 e. The molecule has 0 amide bonds. The summed E-state index contributed by atoms with van der Waals surface area (Å²) in [6.45, 7) is 3.59. The number of halogens is 4. The van der Waals surface area contributed by atoms with Crippen molar-refractivity contribution in [1.29, 1.82) is 0 Å². The average Bonchev–Trinajstić information content (AvgIpc) is 3.02. The molecule has 0 fully saturated rings. The highest BCUT2D eigenvalue weighted by atomic mass is 35.5. The van der Waals surface area contributed by atoms with Crippen LogP contribution in [0.3, 0.4) is 0 Å². The molecule has 0 bridgehead atoms.